The van der Waals surface area contributed by atoms with Gasteiger partial charge in [0.1, 0.15) is 5.75 Å². The lowest BCUT2D eigenvalue weighted by Crippen LogP contribution is -2.35. The predicted octanol–water partition coefficient (Wildman–Crippen LogP) is 5.33. The molecule has 6 nitrogen and oxygen atoms in total. The van der Waals surface area contributed by atoms with Gasteiger partial charge in [-0.25, -0.2) is 4.68 Å². The molecule has 1 heterocycles. The summed E-state index contributed by atoms with van der Waals surface area (Å²) in [5, 5.41) is 15.7. The van der Waals surface area contributed by atoms with Crippen LogP contribution in [-0.4, -0.2) is 52.7 Å². The summed E-state index contributed by atoms with van der Waals surface area (Å²) < 4.78 is 13.7. The monoisotopic (exact) mass is 485 g/mol. The van der Waals surface area contributed by atoms with Gasteiger partial charge in [0.05, 0.1) is 29.7 Å². The highest BCUT2D eigenvalue weighted by Crippen LogP contribution is 2.32. The highest BCUT2D eigenvalue weighted by Gasteiger charge is 2.22. The molecule has 0 radical (unpaired) electrons. The molecule has 0 aliphatic heterocycles. The second-order valence-corrected chi connectivity index (χ2v) is 9.10. The van der Waals surface area contributed by atoms with Crippen LogP contribution < -0.4 is 4.74 Å². The molecule has 1 N–H and O–H groups in total. The molecule has 0 fully saturated rings. The van der Waals surface area contributed by atoms with Crippen LogP contribution >= 0.6 is 0 Å². The average Bonchev–Trinajstić information content (AvgIpc) is 3.19. The van der Waals surface area contributed by atoms with Crippen molar-refractivity contribution in [1.82, 2.24) is 14.7 Å². The standard InChI is InChI=1S/C30H35N3O3/c1-23-14-16-28(17-15-23)36-30-29(24(2)31-33(30)26-12-8-5-9-13-26)22-32(18-19-35-3)21-27(34)20-25-10-6-4-7-11-25/h4-17,27,34H,18-22H2,1-3H3. The Balaban J connectivity index is 1.62. The molecular weight excluding hydrogens is 450 g/mol. The molecule has 0 aliphatic carbocycles. The molecule has 0 spiro atoms. The largest absolute Gasteiger partial charge is 0.439 e. The van der Waals surface area contributed by atoms with Crippen LogP contribution in [0, 0.1) is 13.8 Å². The van der Waals surface area contributed by atoms with Gasteiger partial charge in [0, 0.05) is 26.7 Å². The van der Waals surface area contributed by atoms with Gasteiger partial charge in [0.15, 0.2) is 0 Å². The van der Waals surface area contributed by atoms with Crippen LogP contribution in [0.1, 0.15) is 22.4 Å². The molecule has 0 aliphatic rings. The third-order valence-electron chi connectivity index (χ3n) is 6.15. The molecule has 36 heavy (non-hydrogen) atoms. The first-order chi connectivity index (χ1) is 17.5. The van der Waals surface area contributed by atoms with Crippen molar-refractivity contribution < 1.29 is 14.6 Å². The number of nitrogens with zero attached hydrogens (tertiary/aromatic N) is 3. The van der Waals surface area contributed by atoms with Crippen molar-refractivity contribution in [1.29, 1.82) is 0 Å². The fourth-order valence-electron chi connectivity index (χ4n) is 4.22. The highest BCUT2D eigenvalue weighted by atomic mass is 16.5. The third-order valence-corrected chi connectivity index (χ3v) is 6.15. The van der Waals surface area contributed by atoms with Crippen LogP contribution in [0.2, 0.25) is 0 Å². The SMILES string of the molecule is COCCN(Cc1c(C)nn(-c2ccccc2)c1Oc1ccc(C)cc1)CC(O)Cc1ccccc1. The number of aryl methyl sites for hydroxylation is 2. The Hall–Kier alpha value is -3.45. The highest BCUT2D eigenvalue weighted by molar-refractivity contribution is 5.43. The summed E-state index contributed by atoms with van der Waals surface area (Å²) in [6, 6.07) is 28.1. The van der Waals surface area contributed by atoms with E-state index < -0.39 is 6.10 Å². The second-order valence-electron chi connectivity index (χ2n) is 9.10. The van der Waals surface area contributed by atoms with Gasteiger partial charge in [-0.3, -0.25) is 4.90 Å². The molecule has 4 rings (SSSR count). The minimum atomic E-state index is -0.504. The van der Waals surface area contributed by atoms with Crippen molar-refractivity contribution in [3.05, 3.63) is 107 Å². The summed E-state index contributed by atoms with van der Waals surface area (Å²) in [7, 11) is 1.70. The molecule has 188 valence electrons. The predicted molar refractivity (Wildman–Crippen MR) is 143 cm³/mol. The van der Waals surface area contributed by atoms with Gasteiger partial charge < -0.3 is 14.6 Å². The van der Waals surface area contributed by atoms with Crippen LogP contribution in [-0.2, 0) is 17.7 Å². The van der Waals surface area contributed by atoms with Crippen LogP contribution in [0.3, 0.4) is 0 Å². The summed E-state index contributed by atoms with van der Waals surface area (Å²) in [5.74, 6) is 1.44. The molecule has 0 bridgehead atoms. The van der Waals surface area contributed by atoms with E-state index in [1.807, 2.05) is 96.5 Å². The summed E-state index contributed by atoms with van der Waals surface area (Å²) in [5.41, 5.74) is 5.10. The average molecular weight is 486 g/mol. The molecule has 0 amide bonds. The van der Waals surface area contributed by atoms with Gasteiger partial charge in [0.25, 0.3) is 0 Å². The molecular formula is C30H35N3O3. The molecule has 1 aromatic heterocycles. The number of hydrogen-bond donors (Lipinski definition) is 1. The number of rotatable bonds is 12. The minimum Gasteiger partial charge on any atom is -0.439 e. The third kappa shape index (κ3) is 6.82. The maximum absolute atomic E-state index is 10.9. The Bertz CT molecular complexity index is 1210. The lowest BCUT2D eigenvalue weighted by atomic mass is 10.1. The van der Waals surface area contributed by atoms with Gasteiger partial charge >= 0.3 is 0 Å². The zero-order valence-electron chi connectivity index (χ0n) is 21.3. The Kier molecular flexibility index (Phi) is 8.90. The first kappa shape index (κ1) is 25.6. The first-order valence-electron chi connectivity index (χ1n) is 12.3. The molecule has 0 saturated heterocycles. The van der Waals surface area contributed by atoms with E-state index in [0.717, 1.165) is 28.3 Å². The lowest BCUT2D eigenvalue weighted by Gasteiger charge is -2.25. The van der Waals surface area contributed by atoms with E-state index in [1.165, 1.54) is 5.56 Å². The number of ether oxygens (including phenoxy) is 2. The van der Waals surface area contributed by atoms with Crippen molar-refractivity contribution in [2.45, 2.75) is 32.9 Å². The van der Waals surface area contributed by atoms with Crippen molar-refractivity contribution in [2.75, 3.05) is 26.8 Å². The van der Waals surface area contributed by atoms with Crippen molar-refractivity contribution in [3.8, 4) is 17.3 Å². The van der Waals surface area contributed by atoms with Crippen molar-refractivity contribution in [3.63, 3.8) is 0 Å². The van der Waals surface area contributed by atoms with Crippen LogP contribution in [0.15, 0.2) is 84.9 Å². The Morgan fingerprint density at radius 3 is 2.25 bits per heavy atom. The zero-order chi connectivity index (χ0) is 25.3. The van der Waals surface area contributed by atoms with Crippen molar-refractivity contribution in [2.24, 2.45) is 0 Å². The smallest absolute Gasteiger partial charge is 0.227 e. The number of methoxy groups -OCH3 is 1. The van der Waals surface area contributed by atoms with E-state index in [0.29, 0.717) is 38.5 Å². The molecule has 1 unspecified atom stereocenters. The fourth-order valence-corrected chi connectivity index (χ4v) is 4.22. The number of aliphatic hydroxyl groups is 1. The Morgan fingerprint density at radius 1 is 0.917 bits per heavy atom. The Labute approximate surface area is 213 Å². The van der Waals surface area contributed by atoms with E-state index in [9.17, 15) is 5.11 Å². The topological polar surface area (TPSA) is 59.8 Å². The van der Waals surface area contributed by atoms with E-state index in [1.54, 1.807) is 7.11 Å². The maximum Gasteiger partial charge on any atom is 0.227 e. The van der Waals surface area contributed by atoms with E-state index in [4.69, 9.17) is 14.6 Å². The number of benzene rings is 3. The van der Waals surface area contributed by atoms with E-state index >= 15 is 0 Å². The van der Waals surface area contributed by atoms with E-state index in [-0.39, 0.29) is 0 Å². The summed E-state index contributed by atoms with van der Waals surface area (Å²) in [6.45, 7) is 6.40. The zero-order valence-corrected chi connectivity index (χ0v) is 21.3. The second kappa shape index (κ2) is 12.5. The van der Waals surface area contributed by atoms with Gasteiger partial charge in [-0.1, -0.05) is 66.2 Å². The summed E-state index contributed by atoms with van der Waals surface area (Å²) in [4.78, 5) is 2.21. The van der Waals surface area contributed by atoms with Crippen molar-refractivity contribution >= 4 is 0 Å². The Morgan fingerprint density at radius 2 is 1.58 bits per heavy atom. The summed E-state index contributed by atoms with van der Waals surface area (Å²) in [6.07, 6.45) is 0.0921. The lowest BCUT2D eigenvalue weighted by molar-refractivity contribution is 0.0846. The van der Waals surface area contributed by atoms with Gasteiger partial charge in [-0.2, -0.15) is 5.10 Å². The summed E-state index contributed by atoms with van der Waals surface area (Å²) >= 11 is 0. The normalized spacial score (nSPS) is 12.1. The number of aromatic nitrogens is 2. The van der Waals surface area contributed by atoms with Crippen LogP contribution in [0.4, 0.5) is 0 Å². The maximum atomic E-state index is 10.9. The quantitative estimate of drug-likeness (QED) is 0.294. The van der Waals surface area contributed by atoms with Gasteiger partial charge in [0.2, 0.25) is 5.88 Å². The molecule has 3 aromatic carbocycles. The van der Waals surface area contributed by atoms with Crippen LogP contribution in [0.25, 0.3) is 5.69 Å². The molecule has 6 heteroatoms. The van der Waals surface area contributed by atoms with Crippen LogP contribution in [0.5, 0.6) is 11.6 Å². The fraction of sp³-hybridized carbons (Fsp3) is 0.300. The van der Waals surface area contributed by atoms with Gasteiger partial charge in [-0.05, 0) is 50.1 Å². The number of hydrogen-bond acceptors (Lipinski definition) is 5. The molecule has 1 atom stereocenters. The molecule has 4 aromatic rings. The molecule has 0 saturated carbocycles. The first-order valence-corrected chi connectivity index (χ1v) is 12.3. The van der Waals surface area contributed by atoms with Gasteiger partial charge in [-0.15, -0.1) is 0 Å². The van der Waals surface area contributed by atoms with E-state index in [2.05, 4.69) is 11.8 Å². The minimum absolute atomic E-state index is 0.504. The number of para-hydroxylation sites is 1. The number of aliphatic hydroxyl groups excluding tert-OH is 1.